The van der Waals surface area contributed by atoms with Crippen LogP contribution in [0, 0.1) is 13.8 Å². The minimum Gasteiger partial charge on any atom is -0.493 e. The number of aryl methyl sites for hydroxylation is 2. The second-order valence-electron chi connectivity index (χ2n) is 5.24. The fraction of sp³-hybridized carbons (Fsp3) is 0.333. The van der Waals surface area contributed by atoms with Crippen LogP contribution < -0.4 is 4.74 Å². The van der Waals surface area contributed by atoms with Gasteiger partial charge in [-0.1, -0.05) is 36.4 Å². The maximum atomic E-state index is 10.1. The van der Waals surface area contributed by atoms with E-state index in [4.69, 9.17) is 4.74 Å². The molecule has 2 rings (SSSR count). The van der Waals surface area contributed by atoms with Crippen molar-refractivity contribution in [3.63, 3.8) is 0 Å². The molecule has 2 nitrogen and oxygen atoms in total. The molecule has 0 saturated carbocycles. The molecular weight excluding hydrogens is 248 g/mol. The minimum atomic E-state index is -0.360. The van der Waals surface area contributed by atoms with Crippen LogP contribution in [0.3, 0.4) is 0 Å². The maximum Gasteiger partial charge on any atom is 0.119 e. The second kappa shape index (κ2) is 7.11. The highest BCUT2D eigenvalue weighted by atomic mass is 16.5. The van der Waals surface area contributed by atoms with E-state index in [0.29, 0.717) is 19.4 Å². The molecule has 1 N–H and O–H groups in total. The zero-order valence-corrected chi connectivity index (χ0v) is 12.2. The lowest BCUT2D eigenvalue weighted by atomic mass is 10.0. The van der Waals surface area contributed by atoms with Crippen molar-refractivity contribution in [1.29, 1.82) is 0 Å². The van der Waals surface area contributed by atoms with E-state index >= 15 is 0 Å². The van der Waals surface area contributed by atoms with Crippen molar-refractivity contribution in [3.8, 4) is 5.75 Å². The summed E-state index contributed by atoms with van der Waals surface area (Å²) in [4.78, 5) is 0. The molecule has 2 heteroatoms. The first-order chi connectivity index (χ1) is 9.65. The van der Waals surface area contributed by atoms with E-state index in [9.17, 15) is 5.11 Å². The summed E-state index contributed by atoms with van der Waals surface area (Å²) in [6.45, 7) is 4.65. The van der Waals surface area contributed by atoms with Crippen molar-refractivity contribution in [2.75, 3.05) is 6.61 Å². The van der Waals surface area contributed by atoms with E-state index in [1.165, 1.54) is 16.7 Å². The molecular formula is C18H22O2. The van der Waals surface area contributed by atoms with E-state index in [-0.39, 0.29) is 6.10 Å². The molecule has 106 valence electrons. The van der Waals surface area contributed by atoms with Gasteiger partial charge in [-0.05, 0) is 49.1 Å². The molecule has 0 saturated heterocycles. The molecule has 0 amide bonds. The van der Waals surface area contributed by atoms with Crippen LogP contribution in [0.5, 0.6) is 5.75 Å². The Morgan fingerprint density at radius 2 is 1.85 bits per heavy atom. The van der Waals surface area contributed by atoms with Gasteiger partial charge in [-0.2, -0.15) is 0 Å². The first kappa shape index (κ1) is 14.6. The normalized spacial score (nSPS) is 12.2. The number of ether oxygens (including phenoxy) is 1. The number of aliphatic hydroxyl groups is 1. The van der Waals surface area contributed by atoms with E-state index in [1.807, 2.05) is 43.3 Å². The van der Waals surface area contributed by atoms with Crippen LogP contribution in [-0.2, 0) is 6.42 Å². The number of hydrogen-bond donors (Lipinski definition) is 1. The SMILES string of the molecule is Cc1cccc(OCCC(O)Cc2ccccc2C)c1. The lowest BCUT2D eigenvalue weighted by molar-refractivity contribution is 0.139. The topological polar surface area (TPSA) is 29.5 Å². The summed E-state index contributed by atoms with van der Waals surface area (Å²) in [6.07, 6.45) is 0.965. The average molecular weight is 270 g/mol. The van der Waals surface area contributed by atoms with Gasteiger partial charge in [-0.15, -0.1) is 0 Å². The van der Waals surface area contributed by atoms with Gasteiger partial charge in [-0.25, -0.2) is 0 Å². The van der Waals surface area contributed by atoms with Gasteiger partial charge in [0.1, 0.15) is 5.75 Å². The first-order valence-electron chi connectivity index (χ1n) is 7.07. The summed E-state index contributed by atoms with van der Waals surface area (Å²) in [7, 11) is 0. The van der Waals surface area contributed by atoms with Crippen LogP contribution in [0.4, 0.5) is 0 Å². The standard InChI is InChI=1S/C18H22O2/c1-14-6-5-9-18(12-14)20-11-10-17(19)13-16-8-4-3-7-15(16)2/h3-9,12,17,19H,10-11,13H2,1-2H3. The smallest absolute Gasteiger partial charge is 0.119 e. The van der Waals surface area contributed by atoms with Crippen molar-refractivity contribution in [2.24, 2.45) is 0 Å². The highest BCUT2D eigenvalue weighted by molar-refractivity contribution is 5.27. The Labute approximate surface area is 121 Å². The maximum absolute atomic E-state index is 10.1. The number of rotatable bonds is 6. The summed E-state index contributed by atoms with van der Waals surface area (Å²) in [6, 6.07) is 16.2. The molecule has 0 aliphatic rings. The molecule has 20 heavy (non-hydrogen) atoms. The van der Waals surface area contributed by atoms with Crippen LogP contribution in [0.2, 0.25) is 0 Å². The van der Waals surface area contributed by atoms with Gasteiger partial charge in [0.25, 0.3) is 0 Å². The highest BCUT2D eigenvalue weighted by Crippen LogP contribution is 2.14. The first-order valence-corrected chi connectivity index (χ1v) is 7.07. The molecule has 0 radical (unpaired) electrons. The number of aliphatic hydroxyl groups excluding tert-OH is 1. The van der Waals surface area contributed by atoms with Gasteiger partial charge >= 0.3 is 0 Å². The molecule has 0 aliphatic carbocycles. The molecule has 0 aromatic heterocycles. The van der Waals surface area contributed by atoms with Crippen molar-refractivity contribution >= 4 is 0 Å². The lowest BCUT2D eigenvalue weighted by Gasteiger charge is -2.13. The van der Waals surface area contributed by atoms with Crippen molar-refractivity contribution in [2.45, 2.75) is 32.8 Å². The van der Waals surface area contributed by atoms with Gasteiger partial charge in [0.2, 0.25) is 0 Å². The van der Waals surface area contributed by atoms with E-state index in [2.05, 4.69) is 19.1 Å². The Morgan fingerprint density at radius 1 is 1.05 bits per heavy atom. The van der Waals surface area contributed by atoms with Crippen molar-refractivity contribution in [1.82, 2.24) is 0 Å². The Bertz CT molecular complexity index is 549. The predicted molar refractivity (Wildman–Crippen MR) is 82.2 cm³/mol. The highest BCUT2D eigenvalue weighted by Gasteiger charge is 2.07. The summed E-state index contributed by atoms with van der Waals surface area (Å²) < 4.78 is 5.67. The van der Waals surface area contributed by atoms with Crippen LogP contribution >= 0.6 is 0 Å². The van der Waals surface area contributed by atoms with Gasteiger partial charge < -0.3 is 9.84 Å². The number of benzene rings is 2. The molecule has 0 spiro atoms. The quantitative estimate of drug-likeness (QED) is 0.867. The van der Waals surface area contributed by atoms with Crippen molar-refractivity contribution in [3.05, 3.63) is 65.2 Å². The van der Waals surface area contributed by atoms with E-state index in [1.54, 1.807) is 0 Å². The Balaban J connectivity index is 1.78. The lowest BCUT2D eigenvalue weighted by Crippen LogP contribution is -2.15. The zero-order chi connectivity index (χ0) is 14.4. The summed E-state index contributed by atoms with van der Waals surface area (Å²) >= 11 is 0. The number of hydrogen-bond acceptors (Lipinski definition) is 2. The molecule has 0 heterocycles. The van der Waals surface area contributed by atoms with Gasteiger partial charge in [0.15, 0.2) is 0 Å². The van der Waals surface area contributed by atoms with Crippen LogP contribution in [0.15, 0.2) is 48.5 Å². The average Bonchev–Trinajstić information content (AvgIpc) is 2.41. The van der Waals surface area contributed by atoms with Crippen LogP contribution in [-0.4, -0.2) is 17.8 Å². The largest absolute Gasteiger partial charge is 0.493 e. The zero-order valence-electron chi connectivity index (χ0n) is 12.2. The Morgan fingerprint density at radius 3 is 2.60 bits per heavy atom. The van der Waals surface area contributed by atoms with Crippen molar-refractivity contribution < 1.29 is 9.84 Å². The molecule has 1 unspecified atom stereocenters. The predicted octanol–water partition coefficient (Wildman–Crippen LogP) is 3.68. The molecule has 0 fully saturated rings. The monoisotopic (exact) mass is 270 g/mol. The summed E-state index contributed by atoms with van der Waals surface area (Å²) in [5, 5.41) is 10.1. The summed E-state index contributed by atoms with van der Waals surface area (Å²) in [5.41, 5.74) is 3.62. The molecule has 2 aromatic rings. The third kappa shape index (κ3) is 4.39. The van der Waals surface area contributed by atoms with E-state index in [0.717, 1.165) is 5.75 Å². The molecule has 1 atom stereocenters. The Kier molecular flexibility index (Phi) is 5.19. The third-order valence-corrected chi connectivity index (χ3v) is 3.43. The minimum absolute atomic E-state index is 0.360. The Hall–Kier alpha value is -1.80. The molecule has 0 bridgehead atoms. The van der Waals surface area contributed by atoms with Crippen LogP contribution in [0.25, 0.3) is 0 Å². The summed E-state index contributed by atoms with van der Waals surface area (Å²) in [5.74, 6) is 0.869. The molecule has 0 aliphatic heterocycles. The van der Waals surface area contributed by atoms with E-state index < -0.39 is 0 Å². The molecule has 2 aromatic carbocycles. The van der Waals surface area contributed by atoms with Gasteiger partial charge in [-0.3, -0.25) is 0 Å². The van der Waals surface area contributed by atoms with Gasteiger partial charge in [0, 0.05) is 6.42 Å². The van der Waals surface area contributed by atoms with Crippen LogP contribution in [0.1, 0.15) is 23.1 Å². The third-order valence-electron chi connectivity index (χ3n) is 3.43. The second-order valence-corrected chi connectivity index (χ2v) is 5.24. The fourth-order valence-corrected chi connectivity index (χ4v) is 2.21. The fourth-order valence-electron chi connectivity index (χ4n) is 2.21. The van der Waals surface area contributed by atoms with Gasteiger partial charge in [0.05, 0.1) is 12.7 Å².